The van der Waals surface area contributed by atoms with E-state index in [9.17, 15) is 0 Å². The van der Waals surface area contributed by atoms with Crippen LogP contribution in [-0.4, -0.2) is 42.1 Å². The number of aromatic nitrogens is 1. The Morgan fingerprint density at radius 1 is 0.840 bits per heavy atom. The van der Waals surface area contributed by atoms with Gasteiger partial charge in [-0.25, -0.2) is 15.0 Å². The van der Waals surface area contributed by atoms with Crippen LogP contribution in [0, 0.1) is 10.8 Å². The molecule has 0 spiro atoms. The van der Waals surface area contributed by atoms with Gasteiger partial charge in [0, 0.05) is 5.69 Å². The summed E-state index contributed by atoms with van der Waals surface area (Å²) in [6.45, 7) is 14.0. The molecule has 3 heterocycles. The maximum Gasteiger partial charge on any atom is 0.235 e. The first-order chi connectivity index (χ1) is 11.5. The fourth-order valence-corrected chi connectivity index (χ4v) is 2.69. The number of hydrogen-bond donors (Lipinski definition) is 1. The molecule has 2 unspecified atom stereocenters. The molecule has 0 saturated carbocycles. The van der Waals surface area contributed by atoms with E-state index in [1.165, 1.54) is 0 Å². The fraction of sp³-hybridized carbons (Fsp3) is 0.632. The van der Waals surface area contributed by atoms with Gasteiger partial charge in [-0.15, -0.1) is 0 Å². The Balaban J connectivity index is 1.90. The first kappa shape index (κ1) is 17.7. The molecule has 2 aliphatic rings. The quantitative estimate of drug-likeness (QED) is 0.894. The lowest BCUT2D eigenvalue weighted by atomic mass is 9.88. The number of ether oxygens (including phenoxy) is 2. The highest BCUT2D eigenvalue weighted by Gasteiger charge is 2.33. The van der Waals surface area contributed by atoms with Crippen LogP contribution in [0.3, 0.4) is 0 Å². The summed E-state index contributed by atoms with van der Waals surface area (Å²) in [5.41, 5.74) is 8.02. The summed E-state index contributed by atoms with van der Waals surface area (Å²) in [6.07, 6.45) is 0. The standard InChI is InChI=1S/C19H28N4O2/c1-18(2,3)14-9-24-16(22-14)12-7-11(20)8-13(21-12)17-23-15(10-25-17)19(4,5)6/h7-8,14-15H,9-10H2,1-6H3,(H2,20,21). The summed E-state index contributed by atoms with van der Waals surface area (Å²) >= 11 is 0. The van der Waals surface area contributed by atoms with Crippen LogP contribution in [0.15, 0.2) is 22.1 Å². The van der Waals surface area contributed by atoms with Gasteiger partial charge >= 0.3 is 0 Å². The Labute approximate surface area is 149 Å². The Morgan fingerprint density at radius 2 is 1.24 bits per heavy atom. The molecule has 0 aliphatic carbocycles. The second-order valence-corrected chi connectivity index (χ2v) is 8.93. The highest BCUT2D eigenvalue weighted by molar-refractivity contribution is 5.98. The van der Waals surface area contributed by atoms with Gasteiger partial charge in [0.05, 0.1) is 12.1 Å². The van der Waals surface area contributed by atoms with Crippen molar-refractivity contribution in [2.24, 2.45) is 20.8 Å². The van der Waals surface area contributed by atoms with Crippen molar-refractivity contribution in [1.29, 1.82) is 0 Å². The van der Waals surface area contributed by atoms with Crippen LogP contribution in [0.4, 0.5) is 5.69 Å². The molecule has 136 valence electrons. The molecule has 0 radical (unpaired) electrons. The van der Waals surface area contributed by atoms with Crippen molar-refractivity contribution in [3.05, 3.63) is 23.5 Å². The summed E-state index contributed by atoms with van der Waals surface area (Å²) in [5.74, 6) is 1.08. The smallest absolute Gasteiger partial charge is 0.235 e. The van der Waals surface area contributed by atoms with E-state index in [2.05, 4.69) is 56.5 Å². The van der Waals surface area contributed by atoms with Gasteiger partial charge in [0.1, 0.15) is 24.6 Å². The van der Waals surface area contributed by atoms with E-state index < -0.39 is 0 Å². The van der Waals surface area contributed by atoms with Crippen LogP contribution in [0.5, 0.6) is 0 Å². The van der Waals surface area contributed by atoms with E-state index in [1.807, 2.05) is 0 Å². The molecule has 6 heteroatoms. The normalized spacial score (nSPS) is 23.8. The molecule has 0 bridgehead atoms. The number of hydrogen-bond acceptors (Lipinski definition) is 6. The summed E-state index contributed by atoms with van der Waals surface area (Å²) < 4.78 is 11.6. The van der Waals surface area contributed by atoms with Crippen molar-refractivity contribution in [3.8, 4) is 0 Å². The van der Waals surface area contributed by atoms with Crippen molar-refractivity contribution in [3.63, 3.8) is 0 Å². The molecule has 0 fully saturated rings. The van der Waals surface area contributed by atoms with Crippen molar-refractivity contribution >= 4 is 17.5 Å². The topological polar surface area (TPSA) is 82.1 Å². The Morgan fingerprint density at radius 3 is 1.56 bits per heavy atom. The number of nitrogens with zero attached hydrogens (tertiary/aromatic N) is 3. The molecular formula is C19H28N4O2. The van der Waals surface area contributed by atoms with Crippen LogP contribution in [0.2, 0.25) is 0 Å². The van der Waals surface area contributed by atoms with Crippen molar-refractivity contribution in [2.45, 2.75) is 53.6 Å². The van der Waals surface area contributed by atoms with E-state index in [-0.39, 0.29) is 22.9 Å². The van der Waals surface area contributed by atoms with E-state index >= 15 is 0 Å². The molecule has 0 aromatic carbocycles. The van der Waals surface area contributed by atoms with Gasteiger partial charge in [-0.05, 0) is 23.0 Å². The number of aliphatic imine (C=N–C) groups is 2. The summed E-state index contributed by atoms with van der Waals surface area (Å²) in [6, 6.07) is 3.79. The Hall–Kier alpha value is -2.11. The number of pyridine rings is 1. The van der Waals surface area contributed by atoms with E-state index in [0.717, 1.165) is 0 Å². The summed E-state index contributed by atoms with van der Waals surface area (Å²) in [5, 5.41) is 0. The maximum absolute atomic E-state index is 6.07. The number of nitrogen functional groups attached to an aromatic ring is 1. The summed E-state index contributed by atoms with van der Waals surface area (Å²) in [4.78, 5) is 14.0. The predicted octanol–water partition coefficient (Wildman–Crippen LogP) is 3.05. The van der Waals surface area contributed by atoms with E-state index in [0.29, 0.717) is 42.1 Å². The van der Waals surface area contributed by atoms with Gasteiger partial charge in [-0.3, -0.25) is 0 Å². The maximum atomic E-state index is 6.07. The number of rotatable bonds is 2. The molecule has 6 nitrogen and oxygen atoms in total. The average molecular weight is 344 g/mol. The third kappa shape index (κ3) is 3.78. The van der Waals surface area contributed by atoms with Gasteiger partial charge < -0.3 is 15.2 Å². The zero-order chi connectivity index (χ0) is 18.4. The molecule has 0 saturated heterocycles. The number of anilines is 1. The highest BCUT2D eigenvalue weighted by atomic mass is 16.5. The van der Waals surface area contributed by atoms with Crippen molar-refractivity contribution < 1.29 is 9.47 Å². The third-order valence-corrected chi connectivity index (χ3v) is 4.59. The SMILES string of the molecule is CC(C)(C)C1COC(c2cc(N)cc(C3=NC(C(C)(C)C)CO3)n2)=N1. The Bertz CT molecular complexity index is 668. The Kier molecular flexibility index (Phi) is 4.25. The van der Waals surface area contributed by atoms with Gasteiger partial charge in [-0.2, -0.15) is 0 Å². The number of nitrogens with two attached hydrogens (primary N) is 1. The lowest BCUT2D eigenvalue weighted by Crippen LogP contribution is -2.25. The minimum atomic E-state index is 0.0451. The zero-order valence-corrected chi connectivity index (χ0v) is 16.0. The molecule has 3 rings (SSSR count). The van der Waals surface area contributed by atoms with E-state index in [1.54, 1.807) is 12.1 Å². The largest absolute Gasteiger partial charge is 0.474 e. The van der Waals surface area contributed by atoms with Crippen molar-refractivity contribution in [2.75, 3.05) is 18.9 Å². The molecule has 1 aromatic heterocycles. The molecule has 2 N–H and O–H groups in total. The molecule has 25 heavy (non-hydrogen) atoms. The van der Waals surface area contributed by atoms with Crippen molar-refractivity contribution in [1.82, 2.24) is 4.98 Å². The van der Waals surface area contributed by atoms with Crippen LogP contribution in [0.1, 0.15) is 52.9 Å². The second-order valence-electron chi connectivity index (χ2n) is 8.93. The fourth-order valence-electron chi connectivity index (χ4n) is 2.69. The minimum Gasteiger partial charge on any atom is -0.474 e. The minimum absolute atomic E-state index is 0.0451. The summed E-state index contributed by atoms with van der Waals surface area (Å²) in [7, 11) is 0. The van der Waals surface area contributed by atoms with Crippen LogP contribution in [0.25, 0.3) is 0 Å². The van der Waals surface area contributed by atoms with Gasteiger partial charge in [-0.1, -0.05) is 41.5 Å². The lowest BCUT2D eigenvalue weighted by molar-refractivity contribution is 0.235. The van der Waals surface area contributed by atoms with Gasteiger partial charge in [0.2, 0.25) is 11.8 Å². The first-order valence-electron chi connectivity index (χ1n) is 8.73. The molecular weight excluding hydrogens is 316 g/mol. The van der Waals surface area contributed by atoms with Gasteiger partial charge in [0.25, 0.3) is 0 Å². The highest BCUT2D eigenvalue weighted by Crippen LogP contribution is 2.29. The monoisotopic (exact) mass is 344 g/mol. The predicted molar refractivity (Wildman–Crippen MR) is 100 cm³/mol. The average Bonchev–Trinajstić information content (AvgIpc) is 3.15. The molecule has 2 atom stereocenters. The van der Waals surface area contributed by atoms with Crippen LogP contribution in [-0.2, 0) is 9.47 Å². The molecule has 0 amide bonds. The zero-order valence-electron chi connectivity index (χ0n) is 16.0. The second kappa shape index (κ2) is 6.00. The van der Waals surface area contributed by atoms with E-state index in [4.69, 9.17) is 15.2 Å². The van der Waals surface area contributed by atoms with Crippen LogP contribution >= 0.6 is 0 Å². The van der Waals surface area contributed by atoms with Crippen LogP contribution < -0.4 is 5.73 Å². The lowest BCUT2D eigenvalue weighted by Gasteiger charge is -2.21. The molecule has 1 aromatic rings. The molecule has 2 aliphatic heterocycles. The third-order valence-electron chi connectivity index (χ3n) is 4.59. The first-order valence-corrected chi connectivity index (χ1v) is 8.73. The van der Waals surface area contributed by atoms with Gasteiger partial charge in [0.15, 0.2) is 0 Å².